The third kappa shape index (κ3) is 3.72. The molecule has 0 aliphatic carbocycles. The number of rotatable bonds is 5. The van der Waals surface area contributed by atoms with E-state index in [0.717, 1.165) is 34.7 Å². The minimum Gasteiger partial charge on any atom is -0.324 e. The minimum atomic E-state index is 0.573. The number of anilines is 2. The first-order chi connectivity index (χ1) is 13.2. The highest BCUT2D eigenvalue weighted by Crippen LogP contribution is 2.24. The van der Waals surface area contributed by atoms with Crippen molar-refractivity contribution in [2.75, 3.05) is 5.32 Å². The van der Waals surface area contributed by atoms with Crippen molar-refractivity contribution < 1.29 is 0 Å². The molecule has 0 saturated carbocycles. The quantitative estimate of drug-likeness (QED) is 0.551. The van der Waals surface area contributed by atoms with E-state index < -0.39 is 0 Å². The van der Waals surface area contributed by atoms with E-state index in [0.29, 0.717) is 5.95 Å². The number of hydrogen-bond donors (Lipinski definition) is 1. The fourth-order valence-electron chi connectivity index (χ4n) is 2.95. The first-order valence-electron chi connectivity index (χ1n) is 9.04. The van der Waals surface area contributed by atoms with Crippen molar-refractivity contribution in [3.05, 3.63) is 84.3 Å². The summed E-state index contributed by atoms with van der Waals surface area (Å²) in [6.07, 6.45) is 4.80. The van der Waals surface area contributed by atoms with E-state index in [4.69, 9.17) is 0 Å². The van der Waals surface area contributed by atoms with Crippen LogP contribution >= 0.6 is 0 Å². The smallest absolute Gasteiger partial charge is 0.227 e. The molecule has 0 aliphatic heterocycles. The monoisotopic (exact) mass is 355 g/mol. The van der Waals surface area contributed by atoms with Crippen molar-refractivity contribution in [2.24, 2.45) is 0 Å². The van der Waals surface area contributed by atoms with Crippen LogP contribution in [0.1, 0.15) is 18.2 Å². The van der Waals surface area contributed by atoms with Gasteiger partial charge in [0.25, 0.3) is 0 Å². The summed E-state index contributed by atoms with van der Waals surface area (Å²) in [6, 6.07) is 20.3. The first kappa shape index (κ1) is 17.0. The molecule has 2 aromatic heterocycles. The zero-order valence-electron chi connectivity index (χ0n) is 15.4. The molecule has 2 heterocycles. The van der Waals surface area contributed by atoms with Gasteiger partial charge in [0, 0.05) is 23.6 Å². The molecule has 5 nitrogen and oxygen atoms in total. The molecule has 0 amide bonds. The number of aromatic nitrogens is 4. The normalized spacial score (nSPS) is 10.7. The van der Waals surface area contributed by atoms with Gasteiger partial charge in [0.1, 0.15) is 0 Å². The van der Waals surface area contributed by atoms with Crippen molar-refractivity contribution in [2.45, 2.75) is 20.3 Å². The molecule has 0 bridgehead atoms. The molecule has 0 fully saturated rings. The maximum atomic E-state index is 4.67. The Labute approximate surface area is 158 Å². The van der Waals surface area contributed by atoms with Gasteiger partial charge in [-0.05, 0) is 49.2 Å². The molecule has 134 valence electrons. The molecule has 0 radical (unpaired) electrons. The second kappa shape index (κ2) is 7.41. The maximum absolute atomic E-state index is 4.67. The van der Waals surface area contributed by atoms with E-state index in [1.54, 1.807) is 6.20 Å². The molecule has 4 aromatic rings. The number of benzene rings is 2. The van der Waals surface area contributed by atoms with E-state index in [2.05, 4.69) is 39.4 Å². The Balaban J connectivity index is 1.61. The standard InChI is InChI=1S/C22H21N5/c1-3-17-9-11-18(12-10-17)24-22-23-14-13-21(25-22)20-15-27(26-16(20)2)19-7-5-4-6-8-19/h4-15H,3H2,1-2H3,(H,23,24,25). The van der Waals surface area contributed by atoms with Crippen molar-refractivity contribution in [1.29, 1.82) is 0 Å². The highest BCUT2D eigenvalue weighted by molar-refractivity contribution is 5.64. The average molecular weight is 355 g/mol. The highest BCUT2D eigenvalue weighted by atomic mass is 15.3. The van der Waals surface area contributed by atoms with Crippen LogP contribution in [-0.2, 0) is 6.42 Å². The van der Waals surface area contributed by atoms with Crippen LogP contribution in [0.2, 0.25) is 0 Å². The Morgan fingerprint density at radius 2 is 1.74 bits per heavy atom. The van der Waals surface area contributed by atoms with Gasteiger partial charge in [-0.3, -0.25) is 0 Å². The number of nitrogens with one attached hydrogen (secondary N) is 1. The Bertz CT molecular complexity index is 1040. The summed E-state index contributed by atoms with van der Waals surface area (Å²) in [7, 11) is 0. The lowest BCUT2D eigenvalue weighted by molar-refractivity contribution is 0.863. The predicted molar refractivity (Wildman–Crippen MR) is 108 cm³/mol. The third-order valence-corrected chi connectivity index (χ3v) is 4.47. The van der Waals surface area contributed by atoms with Crippen LogP contribution in [-0.4, -0.2) is 19.7 Å². The molecule has 27 heavy (non-hydrogen) atoms. The van der Waals surface area contributed by atoms with Gasteiger partial charge in [-0.2, -0.15) is 5.10 Å². The fourth-order valence-corrected chi connectivity index (χ4v) is 2.95. The second-order valence-corrected chi connectivity index (χ2v) is 6.35. The summed E-state index contributed by atoms with van der Waals surface area (Å²) >= 11 is 0. The number of para-hydroxylation sites is 1. The topological polar surface area (TPSA) is 55.6 Å². The fraction of sp³-hybridized carbons (Fsp3) is 0.136. The maximum Gasteiger partial charge on any atom is 0.227 e. The molecule has 0 atom stereocenters. The molecule has 0 unspecified atom stereocenters. The van der Waals surface area contributed by atoms with Crippen LogP contribution in [0.3, 0.4) is 0 Å². The zero-order chi connectivity index (χ0) is 18.6. The summed E-state index contributed by atoms with van der Waals surface area (Å²) in [5.74, 6) is 0.573. The molecule has 4 rings (SSSR count). The predicted octanol–water partition coefficient (Wildman–Crippen LogP) is 4.94. The van der Waals surface area contributed by atoms with Crippen molar-refractivity contribution in [1.82, 2.24) is 19.7 Å². The lowest BCUT2D eigenvalue weighted by Crippen LogP contribution is -1.98. The first-order valence-corrected chi connectivity index (χ1v) is 9.04. The summed E-state index contributed by atoms with van der Waals surface area (Å²) in [5, 5.41) is 7.90. The lowest BCUT2D eigenvalue weighted by atomic mass is 10.1. The van der Waals surface area contributed by atoms with E-state index in [-0.39, 0.29) is 0 Å². The van der Waals surface area contributed by atoms with Gasteiger partial charge in [0.05, 0.1) is 17.1 Å². The summed E-state index contributed by atoms with van der Waals surface area (Å²) in [5.41, 5.74) is 6.06. The Hall–Kier alpha value is -3.47. The number of hydrogen-bond acceptors (Lipinski definition) is 4. The average Bonchev–Trinajstić information content (AvgIpc) is 3.11. The minimum absolute atomic E-state index is 0.573. The molecular weight excluding hydrogens is 334 g/mol. The Morgan fingerprint density at radius 1 is 0.963 bits per heavy atom. The third-order valence-electron chi connectivity index (χ3n) is 4.47. The van der Waals surface area contributed by atoms with Crippen molar-refractivity contribution >= 4 is 11.6 Å². The number of aryl methyl sites for hydroxylation is 2. The summed E-state index contributed by atoms with van der Waals surface area (Å²) in [4.78, 5) is 9.02. The largest absolute Gasteiger partial charge is 0.324 e. The van der Waals surface area contributed by atoms with Crippen LogP contribution in [0, 0.1) is 6.92 Å². The van der Waals surface area contributed by atoms with Crippen LogP contribution in [0.25, 0.3) is 16.9 Å². The van der Waals surface area contributed by atoms with E-state index in [9.17, 15) is 0 Å². The van der Waals surface area contributed by atoms with E-state index in [1.165, 1.54) is 5.56 Å². The van der Waals surface area contributed by atoms with Crippen molar-refractivity contribution in [3.8, 4) is 16.9 Å². The van der Waals surface area contributed by atoms with Gasteiger partial charge in [-0.25, -0.2) is 14.6 Å². The van der Waals surface area contributed by atoms with Gasteiger partial charge >= 0.3 is 0 Å². The van der Waals surface area contributed by atoms with Gasteiger partial charge in [0.15, 0.2) is 0 Å². The van der Waals surface area contributed by atoms with Gasteiger partial charge in [-0.15, -0.1) is 0 Å². The van der Waals surface area contributed by atoms with Crippen molar-refractivity contribution in [3.63, 3.8) is 0 Å². The van der Waals surface area contributed by atoms with Crippen LogP contribution in [0.5, 0.6) is 0 Å². The molecule has 1 N–H and O–H groups in total. The number of nitrogens with zero attached hydrogens (tertiary/aromatic N) is 4. The van der Waals surface area contributed by atoms with Crippen LogP contribution < -0.4 is 5.32 Å². The van der Waals surface area contributed by atoms with Crippen LogP contribution in [0.15, 0.2) is 73.1 Å². The molecule has 0 aliphatic rings. The zero-order valence-corrected chi connectivity index (χ0v) is 15.4. The molecule has 2 aromatic carbocycles. The summed E-state index contributed by atoms with van der Waals surface area (Å²) in [6.45, 7) is 4.14. The molecule has 0 spiro atoms. The lowest BCUT2D eigenvalue weighted by Gasteiger charge is -2.07. The van der Waals surface area contributed by atoms with Gasteiger partial charge in [0.2, 0.25) is 5.95 Å². The van der Waals surface area contributed by atoms with E-state index >= 15 is 0 Å². The highest BCUT2D eigenvalue weighted by Gasteiger charge is 2.11. The Morgan fingerprint density at radius 3 is 2.48 bits per heavy atom. The molecular formula is C22H21N5. The molecule has 5 heteroatoms. The molecule has 0 saturated heterocycles. The second-order valence-electron chi connectivity index (χ2n) is 6.35. The van der Waals surface area contributed by atoms with Gasteiger partial charge in [-0.1, -0.05) is 37.3 Å². The van der Waals surface area contributed by atoms with E-state index in [1.807, 2.05) is 66.3 Å². The van der Waals surface area contributed by atoms with Crippen LogP contribution in [0.4, 0.5) is 11.6 Å². The van der Waals surface area contributed by atoms with Gasteiger partial charge < -0.3 is 5.32 Å². The summed E-state index contributed by atoms with van der Waals surface area (Å²) < 4.78 is 1.88. The SMILES string of the molecule is CCc1ccc(Nc2nccc(-c3cn(-c4ccccc4)nc3C)n2)cc1. The Kier molecular flexibility index (Phi) is 4.66.